The SMILES string of the molecule is COc1nccnc1C(N)Cc1ccccc1C. The number of aryl methyl sites for hydroxylation is 1. The molecule has 4 heteroatoms. The molecule has 0 aliphatic rings. The quantitative estimate of drug-likeness (QED) is 0.892. The normalized spacial score (nSPS) is 12.2. The van der Waals surface area contributed by atoms with Gasteiger partial charge in [0, 0.05) is 12.4 Å². The highest BCUT2D eigenvalue weighted by atomic mass is 16.5. The molecule has 1 aromatic heterocycles. The van der Waals surface area contributed by atoms with Gasteiger partial charge < -0.3 is 10.5 Å². The Morgan fingerprint density at radius 2 is 1.94 bits per heavy atom. The second kappa shape index (κ2) is 5.60. The summed E-state index contributed by atoms with van der Waals surface area (Å²) in [6.07, 6.45) is 3.96. The molecular weight excluding hydrogens is 226 g/mol. The van der Waals surface area contributed by atoms with Crippen molar-refractivity contribution in [1.29, 1.82) is 0 Å². The molecule has 0 aliphatic heterocycles. The molecule has 0 fully saturated rings. The molecule has 1 heterocycles. The molecule has 1 atom stereocenters. The number of hydrogen-bond donors (Lipinski definition) is 1. The number of nitrogens with zero attached hydrogens (tertiary/aromatic N) is 2. The molecule has 0 saturated carbocycles. The van der Waals surface area contributed by atoms with Crippen LogP contribution in [-0.2, 0) is 6.42 Å². The van der Waals surface area contributed by atoms with E-state index in [2.05, 4.69) is 29.0 Å². The maximum Gasteiger partial charge on any atom is 0.236 e. The van der Waals surface area contributed by atoms with Gasteiger partial charge in [0.15, 0.2) is 0 Å². The first-order valence-corrected chi connectivity index (χ1v) is 5.87. The molecule has 0 spiro atoms. The largest absolute Gasteiger partial charge is 0.480 e. The third-order valence-corrected chi connectivity index (χ3v) is 2.94. The van der Waals surface area contributed by atoms with Crippen molar-refractivity contribution in [3.63, 3.8) is 0 Å². The molecule has 1 aromatic carbocycles. The van der Waals surface area contributed by atoms with Crippen LogP contribution >= 0.6 is 0 Å². The lowest BCUT2D eigenvalue weighted by molar-refractivity contribution is 0.384. The molecule has 0 radical (unpaired) electrons. The molecule has 0 aliphatic carbocycles. The van der Waals surface area contributed by atoms with Crippen LogP contribution in [0.15, 0.2) is 36.7 Å². The fraction of sp³-hybridized carbons (Fsp3) is 0.286. The number of nitrogens with two attached hydrogens (primary N) is 1. The average molecular weight is 243 g/mol. The van der Waals surface area contributed by atoms with E-state index in [4.69, 9.17) is 10.5 Å². The molecule has 0 saturated heterocycles. The minimum atomic E-state index is -0.213. The van der Waals surface area contributed by atoms with Crippen LogP contribution in [0.4, 0.5) is 0 Å². The Morgan fingerprint density at radius 1 is 1.22 bits per heavy atom. The van der Waals surface area contributed by atoms with Gasteiger partial charge in [-0.1, -0.05) is 24.3 Å². The molecule has 2 rings (SSSR count). The highest BCUT2D eigenvalue weighted by Crippen LogP contribution is 2.22. The summed E-state index contributed by atoms with van der Waals surface area (Å²) in [4.78, 5) is 8.38. The minimum Gasteiger partial charge on any atom is -0.480 e. The van der Waals surface area contributed by atoms with Gasteiger partial charge in [0.25, 0.3) is 0 Å². The van der Waals surface area contributed by atoms with Gasteiger partial charge in [0.1, 0.15) is 5.69 Å². The number of ether oxygens (including phenoxy) is 1. The Balaban J connectivity index is 2.22. The van der Waals surface area contributed by atoms with Crippen molar-refractivity contribution in [3.05, 3.63) is 53.5 Å². The van der Waals surface area contributed by atoms with Gasteiger partial charge >= 0.3 is 0 Å². The van der Waals surface area contributed by atoms with Crippen LogP contribution in [0.5, 0.6) is 5.88 Å². The molecule has 1 unspecified atom stereocenters. The second-order valence-corrected chi connectivity index (χ2v) is 4.19. The van der Waals surface area contributed by atoms with Gasteiger partial charge in [0.05, 0.1) is 13.2 Å². The summed E-state index contributed by atoms with van der Waals surface area (Å²) in [5.74, 6) is 0.499. The average Bonchev–Trinajstić information content (AvgIpc) is 2.41. The van der Waals surface area contributed by atoms with E-state index in [-0.39, 0.29) is 6.04 Å². The van der Waals surface area contributed by atoms with E-state index in [1.54, 1.807) is 19.5 Å². The third-order valence-electron chi connectivity index (χ3n) is 2.94. The van der Waals surface area contributed by atoms with Crippen molar-refractivity contribution < 1.29 is 4.74 Å². The predicted octanol–water partition coefficient (Wildman–Crippen LogP) is 2.04. The maximum absolute atomic E-state index is 6.19. The lowest BCUT2D eigenvalue weighted by Gasteiger charge is -2.14. The fourth-order valence-electron chi connectivity index (χ4n) is 1.92. The van der Waals surface area contributed by atoms with Gasteiger partial charge in [-0.25, -0.2) is 4.98 Å². The van der Waals surface area contributed by atoms with E-state index in [0.29, 0.717) is 11.6 Å². The van der Waals surface area contributed by atoms with E-state index < -0.39 is 0 Å². The maximum atomic E-state index is 6.19. The molecule has 0 bridgehead atoms. The number of benzene rings is 1. The topological polar surface area (TPSA) is 61.0 Å². The first-order valence-electron chi connectivity index (χ1n) is 5.87. The van der Waals surface area contributed by atoms with Crippen LogP contribution in [0.25, 0.3) is 0 Å². The van der Waals surface area contributed by atoms with Crippen LogP contribution in [0.2, 0.25) is 0 Å². The van der Waals surface area contributed by atoms with Gasteiger partial charge in [-0.3, -0.25) is 4.98 Å². The van der Waals surface area contributed by atoms with Gasteiger partial charge in [-0.15, -0.1) is 0 Å². The van der Waals surface area contributed by atoms with Crippen LogP contribution in [0.1, 0.15) is 22.9 Å². The summed E-state index contributed by atoms with van der Waals surface area (Å²) in [5, 5.41) is 0. The predicted molar refractivity (Wildman–Crippen MR) is 70.4 cm³/mol. The molecule has 94 valence electrons. The monoisotopic (exact) mass is 243 g/mol. The van der Waals surface area contributed by atoms with Crippen molar-refractivity contribution >= 4 is 0 Å². The van der Waals surface area contributed by atoms with Gasteiger partial charge in [-0.05, 0) is 24.5 Å². The molecule has 2 aromatic rings. The van der Waals surface area contributed by atoms with Crippen molar-refractivity contribution in [2.75, 3.05) is 7.11 Å². The summed E-state index contributed by atoms with van der Waals surface area (Å²) in [6, 6.07) is 7.99. The van der Waals surface area contributed by atoms with E-state index in [1.807, 2.05) is 12.1 Å². The molecular formula is C14H17N3O. The van der Waals surface area contributed by atoms with E-state index in [1.165, 1.54) is 11.1 Å². The Hall–Kier alpha value is -1.94. The van der Waals surface area contributed by atoms with Crippen molar-refractivity contribution in [2.45, 2.75) is 19.4 Å². The zero-order valence-corrected chi connectivity index (χ0v) is 10.6. The van der Waals surface area contributed by atoms with Gasteiger partial charge in [-0.2, -0.15) is 0 Å². The van der Waals surface area contributed by atoms with E-state index in [0.717, 1.165) is 6.42 Å². The summed E-state index contributed by atoms with van der Waals surface area (Å²) in [6.45, 7) is 2.08. The zero-order chi connectivity index (χ0) is 13.0. The number of hydrogen-bond acceptors (Lipinski definition) is 4. The molecule has 18 heavy (non-hydrogen) atoms. The molecule has 4 nitrogen and oxygen atoms in total. The van der Waals surface area contributed by atoms with Crippen molar-refractivity contribution in [3.8, 4) is 5.88 Å². The zero-order valence-electron chi connectivity index (χ0n) is 10.6. The third kappa shape index (κ3) is 2.65. The summed E-state index contributed by atoms with van der Waals surface area (Å²) < 4.78 is 5.18. The number of rotatable bonds is 4. The van der Waals surface area contributed by atoms with Crippen LogP contribution in [-0.4, -0.2) is 17.1 Å². The number of aromatic nitrogens is 2. The Kier molecular flexibility index (Phi) is 3.89. The first-order chi connectivity index (χ1) is 8.72. The standard InChI is InChI=1S/C14H17N3O/c1-10-5-3-4-6-11(10)9-12(15)13-14(18-2)17-8-7-16-13/h3-8,12H,9,15H2,1-2H3. The summed E-state index contributed by atoms with van der Waals surface area (Å²) >= 11 is 0. The Morgan fingerprint density at radius 3 is 2.67 bits per heavy atom. The van der Waals surface area contributed by atoms with Crippen LogP contribution in [0, 0.1) is 6.92 Å². The van der Waals surface area contributed by atoms with E-state index in [9.17, 15) is 0 Å². The molecule has 0 amide bonds. The summed E-state index contributed by atoms with van der Waals surface area (Å²) in [5.41, 5.74) is 9.34. The fourth-order valence-corrected chi connectivity index (χ4v) is 1.92. The van der Waals surface area contributed by atoms with Crippen LogP contribution < -0.4 is 10.5 Å². The molecule has 2 N–H and O–H groups in total. The van der Waals surface area contributed by atoms with Crippen molar-refractivity contribution in [1.82, 2.24) is 9.97 Å². The highest BCUT2D eigenvalue weighted by molar-refractivity contribution is 5.29. The van der Waals surface area contributed by atoms with Gasteiger partial charge in [0.2, 0.25) is 5.88 Å². The second-order valence-electron chi connectivity index (χ2n) is 4.19. The minimum absolute atomic E-state index is 0.213. The lowest BCUT2D eigenvalue weighted by atomic mass is 10.00. The van der Waals surface area contributed by atoms with Crippen LogP contribution in [0.3, 0.4) is 0 Å². The number of methoxy groups -OCH3 is 1. The summed E-state index contributed by atoms with van der Waals surface area (Å²) in [7, 11) is 1.58. The first kappa shape index (κ1) is 12.5. The highest BCUT2D eigenvalue weighted by Gasteiger charge is 2.15. The van der Waals surface area contributed by atoms with Crippen molar-refractivity contribution in [2.24, 2.45) is 5.73 Å². The smallest absolute Gasteiger partial charge is 0.236 e. The Labute approximate surface area is 107 Å². The lowest BCUT2D eigenvalue weighted by Crippen LogP contribution is -2.17. The Bertz CT molecular complexity index is 528. The van der Waals surface area contributed by atoms with E-state index >= 15 is 0 Å².